The molecule has 7 nitrogen and oxygen atoms in total. The molecule has 1 aromatic carbocycles. The maximum Gasteiger partial charge on any atom is 0.354 e. The number of aliphatic hydroxyl groups excluding tert-OH is 1. The van der Waals surface area contributed by atoms with Gasteiger partial charge in [0.2, 0.25) is 0 Å². The predicted molar refractivity (Wildman–Crippen MR) is 83.5 cm³/mol. The van der Waals surface area contributed by atoms with E-state index < -0.39 is 17.9 Å². The maximum atomic E-state index is 12.0. The number of hydrogen-bond acceptors (Lipinski definition) is 6. The average Bonchev–Trinajstić information content (AvgIpc) is 2.58. The van der Waals surface area contributed by atoms with Gasteiger partial charge in [0.15, 0.2) is 0 Å². The molecule has 0 fully saturated rings. The highest BCUT2D eigenvalue weighted by Crippen LogP contribution is 2.34. The first-order valence-corrected chi connectivity index (χ1v) is 7.19. The molecule has 1 heterocycles. The summed E-state index contributed by atoms with van der Waals surface area (Å²) < 4.78 is 4.86. The minimum absolute atomic E-state index is 0.0522. The number of hydrogen-bond donors (Lipinski definition) is 3. The molecule has 0 bridgehead atoms. The molecular weight excluding hydrogens is 312 g/mol. The third-order valence-corrected chi connectivity index (χ3v) is 3.56. The lowest BCUT2D eigenvalue weighted by molar-refractivity contribution is -0.140. The second-order valence-electron chi connectivity index (χ2n) is 5.09. The molecule has 7 heteroatoms. The van der Waals surface area contributed by atoms with Crippen LogP contribution in [0.4, 0.5) is 0 Å². The van der Waals surface area contributed by atoms with E-state index in [0.717, 1.165) is 0 Å². The second-order valence-corrected chi connectivity index (χ2v) is 5.09. The van der Waals surface area contributed by atoms with Crippen LogP contribution >= 0.6 is 0 Å². The number of rotatable bonds is 5. The number of dihydropyridines is 1. The van der Waals surface area contributed by atoms with Crippen LogP contribution in [0.2, 0.25) is 0 Å². The van der Waals surface area contributed by atoms with E-state index in [4.69, 9.17) is 9.84 Å². The number of nitriles is 1. The number of aliphatic carboxylic acids is 1. The van der Waals surface area contributed by atoms with Crippen LogP contribution in [0.25, 0.3) is 0 Å². The van der Waals surface area contributed by atoms with Crippen molar-refractivity contribution in [2.45, 2.75) is 12.8 Å². The van der Waals surface area contributed by atoms with E-state index >= 15 is 0 Å². The van der Waals surface area contributed by atoms with Gasteiger partial charge in [-0.1, -0.05) is 18.2 Å². The molecule has 24 heavy (non-hydrogen) atoms. The smallest absolute Gasteiger partial charge is 0.354 e. The number of carbonyl (C=O) groups excluding carboxylic acids is 1. The summed E-state index contributed by atoms with van der Waals surface area (Å²) in [5, 5.41) is 30.2. The van der Waals surface area contributed by atoms with Crippen LogP contribution in [-0.2, 0) is 14.3 Å². The fourth-order valence-corrected chi connectivity index (χ4v) is 2.54. The van der Waals surface area contributed by atoms with Crippen molar-refractivity contribution in [1.29, 1.82) is 5.26 Å². The highest BCUT2D eigenvalue weighted by atomic mass is 16.5. The van der Waals surface area contributed by atoms with Crippen LogP contribution in [-0.4, -0.2) is 35.4 Å². The van der Waals surface area contributed by atoms with Crippen molar-refractivity contribution in [3.05, 3.63) is 58.4 Å². The summed E-state index contributed by atoms with van der Waals surface area (Å²) in [7, 11) is 0. The molecule has 124 valence electrons. The predicted octanol–water partition coefficient (Wildman–Crippen LogP) is 1.02. The van der Waals surface area contributed by atoms with Crippen molar-refractivity contribution in [3.8, 4) is 6.07 Å². The fraction of sp³-hybridized carbons (Fsp3) is 0.235. The van der Waals surface area contributed by atoms with Gasteiger partial charge in [-0.05, 0) is 24.6 Å². The number of carboxylic acids is 1. The Morgan fingerprint density at radius 3 is 2.71 bits per heavy atom. The lowest BCUT2D eigenvalue weighted by Crippen LogP contribution is -2.30. The van der Waals surface area contributed by atoms with Crippen molar-refractivity contribution in [3.63, 3.8) is 0 Å². The standard InChI is InChI=1S/C17H16N2O5/c1-10-15(16(21)22)13(12-5-3-2-4-11(12)9-18)8-14(19-10)17(23)24-7-6-20/h2-5,8,13,19-20H,6-7H2,1H3,(H,21,22). The fourth-order valence-electron chi connectivity index (χ4n) is 2.54. The topological polar surface area (TPSA) is 120 Å². The Morgan fingerprint density at radius 2 is 2.08 bits per heavy atom. The summed E-state index contributed by atoms with van der Waals surface area (Å²) in [6, 6.07) is 8.65. The number of esters is 1. The average molecular weight is 328 g/mol. The van der Waals surface area contributed by atoms with Crippen molar-refractivity contribution < 1.29 is 24.5 Å². The molecule has 0 amide bonds. The third kappa shape index (κ3) is 3.45. The summed E-state index contributed by atoms with van der Waals surface area (Å²) in [5.41, 5.74) is 1.24. The molecule has 0 saturated heterocycles. The van der Waals surface area contributed by atoms with E-state index in [-0.39, 0.29) is 24.5 Å². The van der Waals surface area contributed by atoms with Gasteiger partial charge in [-0.2, -0.15) is 5.26 Å². The minimum atomic E-state index is -1.14. The molecule has 0 radical (unpaired) electrons. The van der Waals surface area contributed by atoms with E-state index in [1.807, 2.05) is 6.07 Å². The highest BCUT2D eigenvalue weighted by Gasteiger charge is 2.31. The molecule has 1 atom stereocenters. The minimum Gasteiger partial charge on any atom is -0.478 e. The van der Waals surface area contributed by atoms with Crippen molar-refractivity contribution in [2.24, 2.45) is 0 Å². The zero-order chi connectivity index (χ0) is 17.7. The molecular formula is C17H16N2O5. The normalized spacial score (nSPS) is 16.7. The molecule has 1 aliphatic rings. The SMILES string of the molecule is CC1=C(C(=O)O)C(c2ccccc2C#N)C=C(C(=O)OCCO)N1. The number of ether oxygens (including phenoxy) is 1. The van der Waals surface area contributed by atoms with Gasteiger partial charge in [-0.25, -0.2) is 9.59 Å². The molecule has 3 N–H and O–H groups in total. The summed E-state index contributed by atoms with van der Waals surface area (Å²) >= 11 is 0. The molecule has 0 aliphatic carbocycles. The van der Waals surface area contributed by atoms with Gasteiger partial charge in [-0.15, -0.1) is 0 Å². The van der Waals surface area contributed by atoms with Gasteiger partial charge < -0.3 is 20.3 Å². The van der Waals surface area contributed by atoms with E-state index in [1.165, 1.54) is 13.0 Å². The first-order valence-electron chi connectivity index (χ1n) is 7.19. The van der Waals surface area contributed by atoms with Crippen LogP contribution in [0.15, 0.2) is 47.3 Å². The quantitative estimate of drug-likeness (QED) is 0.690. The van der Waals surface area contributed by atoms with E-state index in [0.29, 0.717) is 16.8 Å². The van der Waals surface area contributed by atoms with Crippen molar-refractivity contribution in [2.75, 3.05) is 13.2 Å². The molecule has 1 aromatic rings. The van der Waals surface area contributed by atoms with E-state index in [9.17, 15) is 20.0 Å². The highest BCUT2D eigenvalue weighted by molar-refractivity contribution is 5.94. The van der Waals surface area contributed by atoms with Crippen LogP contribution in [0.5, 0.6) is 0 Å². The number of nitrogens with zero attached hydrogens (tertiary/aromatic N) is 1. The molecule has 2 rings (SSSR count). The van der Waals surface area contributed by atoms with Crippen molar-refractivity contribution in [1.82, 2.24) is 5.32 Å². The Labute approximate surface area is 138 Å². The summed E-state index contributed by atoms with van der Waals surface area (Å²) in [4.78, 5) is 23.6. The second kappa shape index (κ2) is 7.44. The molecule has 0 saturated carbocycles. The van der Waals surface area contributed by atoms with Crippen LogP contribution < -0.4 is 5.32 Å². The first-order chi connectivity index (χ1) is 11.5. The number of carbonyl (C=O) groups is 2. The Hall–Kier alpha value is -3.11. The van der Waals surface area contributed by atoms with Gasteiger partial charge in [0.25, 0.3) is 0 Å². The number of aliphatic hydroxyl groups is 1. The molecule has 0 spiro atoms. The molecule has 0 aromatic heterocycles. The lowest BCUT2D eigenvalue weighted by Gasteiger charge is -2.25. The van der Waals surface area contributed by atoms with E-state index in [2.05, 4.69) is 5.32 Å². The van der Waals surface area contributed by atoms with Gasteiger partial charge >= 0.3 is 11.9 Å². The van der Waals surface area contributed by atoms with Gasteiger partial charge in [0, 0.05) is 11.6 Å². The third-order valence-electron chi connectivity index (χ3n) is 3.56. The Bertz CT molecular complexity index is 773. The zero-order valence-corrected chi connectivity index (χ0v) is 12.9. The Morgan fingerprint density at radius 1 is 1.38 bits per heavy atom. The van der Waals surface area contributed by atoms with Gasteiger partial charge in [0.1, 0.15) is 12.3 Å². The zero-order valence-electron chi connectivity index (χ0n) is 12.9. The summed E-state index contributed by atoms with van der Waals surface area (Å²) in [6.45, 7) is 1.07. The first kappa shape index (κ1) is 17.2. The van der Waals surface area contributed by atoms with Gasteiger partial charge in [-0.3, -0.25) is 0 Å². The molecule has 1 unspecified atom stereocenters. The summed E-state index contributed by atoms with van der Waals surface area (Å²) in [6.07, 6.45) is 1.42. The van der Waals surface area contributed by atoms with Gasteiger partial charge in [0.05, 0.1) is 23.8 Å². The van der Waals surface area contributed by atoms with E-state index in [1.54, 1.807) is 24.3 Å². The Kier molecular flexibility index (Phi) is 5.35. The Balaban J connectivity index is 2.51. The number of benzene rings is 1. The molecule has 1 aliphatic heterocycles. The summed E-state index contributed by atoms with van der Waals surface area (Å²) in [5.74, 6) is -2.61. The largest absolute Gasteiger partial charge is 0.478 e. The lowest BCUT2D eigenvalue weighted by atomic mass is 9.84. The monoisotopic (exact) mass is 328 g/mol. The number of nitrogens with one attached hydrogen (secondary N) is 1. The van der Waals surface area contributed by atoms with Crippen molar-refractivity contribution >= 4 is 11.9 Å². The van der Waals surface area contributed by atoms with Crippen LogP contribution in [0, 0.1) is 11.3 Å². The van der Waals surface area contributed by atoms with Crippen LogP contribution in [0.3, 0.4) is 0 Å². The van der Waals surface area contributed by atoms with Crippen LogP contribution in [0.1, 0.15) is 24.0 Å². The number of allylic oxidation sites excluding steroid dienone is 2. The maximum absolute atomic E-state index is 12.0. The number of carboxylic acid groups (broad SMARTS) is 1.